The first-order valence-electron chi connectivity index (χ1n) is 6.67. The van der Waals surface area contributed by atoms with Crippen LogP contribution in [0.25, 0.3) is 11.6 Å². The number of nitrogens with two attached hydrogens (primary N) is 1. The Morgan fingerprint density at radius 2 is 2.10 bits per heavy atom. The number of hydrogen-bond acceptors (Lipinski definition) is 7. The van der Waals surface area contributed by atoms with Gasteiger partial charge < -0.3 is 15.0 Å². The van der Waals surface area contributed by atoms with Gasteiger partial charge in [-0.05, 0) is 19.8 Å². The molecule has 2 heterocycles. The summed E-state index contributed by atoms with van der Waals surface area (Å²) in [5.74, 6) is 0.974. The maximum atomic E-state index is 5.81. The molecule has 0 aliphatic heterocycles. The molecule has 0 fully saturated rings. The van der Waals surface area contributed by atoms with Crippen LogP contribution in [0.1, 0.15) is 50.5 Å². The van der Waals surface area contributed by atoms with Crippen molar-refractivity contribution in [2.24, 2.45) is 5.73 Å². The van der Waals surface area contributed by atoms with Crippen molar-refractivity contribution in [3.63, 3.8) is 0 Å². The van der Waals surface area contributed by atoms with Crippen LogP contribution in [0.4, 0.5) is 0 Å². The summed E-state index contributed by atoms with van der Waals surface area (Å²) in [6, 6.07) is -0.0968. The minimum absolute atomic E-state index is 0.0968. The van der Waals surface area contributed by atoms with Gasteiger partial charge in [0.2, 0.25) is 5.82 Å². The summed E-state index contributed by atoms with van der Waals surface area (Å²) in [7, 11) is 1.67. The Bertz CT molecular complexity index is 552. The zero-order chi connectivity index (χ0) is 14.8. The molecule has 0 aliphatic carbocycles. The third-order valence-electron chi connectivity index (χ3n) is 3.50. The van der Waals surface area contributed by atoms with Crippen molar-refractivity contribution in [2.75, 3.05) is 7.11 Å². The van der Waals surface area contributed by atoms with Crippen LogP contribution >= 0.6 is 11.3 Å². The van der Waals surface area contributed by atoms with E-state index in [1.165, 1.54) is 11.3 Å². The standard InChI is InChI=1S/C13H20N4O2S/c1-5-13(6-2,18-4)12-16-10(19-17-12)9-7-20-11(15-9)8(3)14/h7-8H,5-6,14H2,1-4H3. The number of rotatable bonds is 6. The molecule has 0 saturated carbocycles. The molecule has 1 unspecified atom stereocenters. The first kappa shape index (κ1) is 15.1. The van der Waals surface area contributed by atoms with Crippen molar-refractivity contribution in [1.29, 1.82) is 0 Å². The van der Waals surface area contributed by atoms with E-state index in [9.17, 15) is 0 Å². The number of nitrogens with zero attached hydrogens (tertiary/aromatic N) is 3. The highest BCUT2D eigenvalue weighted by Crippen LogP contribution is 2.32. The summed E-state index contributed by atoms with van der Waals surface area (Å²) in [5.41, 5.74) is 5.97. The van der Waals surface area contributed by atoms with Gasteiger partial charge in [0.15, 0.2) is 0 Å². The average Bonchev–Trinajstić information content (AvgIpc) is 3.10. The van der Waals surface area contributed by atoms with Gasteiger partial charge in [-0.15, -0.1) is 11.3 Å². The first-order valence-corrected chi connectivity index (χ1v) is 7.55. The maximum absolute atomic E-state index is 5.81. The molecule has 2 rings (SSSR count). The lowest BCUT2D eigenvalue weighted by Gasteiger charge is -2.25. The van der Waals surface area contributed by atoms with Crippen molar-refractivity contribution < 1.29 is 9.26 Å². The molecule has 110 valence electrons. The zero-order valence-corrected chi connectivity index (χ0v) is 13.0. The van der Waals surface area contributed by atoms with E-state index >= 15 is 0 Å². The third kappa shape index (κ3) is 2.61. The van der Waals surface area contributed by atoms with E-state index in [-0.39, 0.29) is 6.04 Å². The van der Waals surface area contributed by atoms with E-state index in [1.807, 2.05) is 26.2 Å². The fourth-order valence-corrected chi connectivity index (χ4v) is 2.81. The number of methoxy groups -OCH3 is 1. The normalized spacial score (nSPS) is 13.7. The molecule has 0 amide bonds. The Morgan fingerprint density at radius 3 is 2.60 bits per heavy atom. The Kier molecular flexibility index (Phi) is 4.52. The summed E-state index contributed by atoms with van der Waals surface area (Å²) in [6.45, 7) is 5.98. The predicted octanol–water partition coefficient (Wildman–Crippen LogP) is 2.87. The van der Waals surface area contributed by atoms with Gasteiger partial charge >= 0.3 is 0 Å². The summed E-state index contributed by atoms with van der Waals surface area (Å²) in [5, 5.41) is 6.78. The van der Waals surface area contributed by atoms with Crippen molar-refractivity contribution in [2.45, 2.75) is 45.3 Å². The van der Waals surface area contributed by atoms with Crippen LogP contribution in [0.3, 0.4) is 0 Å². The molecule has 2 aromatic heterocycles. The van der Waals surface area contributed by atoms with E-state index in [1.54, 1.807) is 7.11 Å². The number of ether oxygens (including phenoxy) is 1. The zero-order valence-electron chi connectivity index (χ0n) is 12.2. The third-order valence-corrected chi connectivity index (χ3v) is 4.54. The van der Waals surface area contributed by atoms with E-state index in [4.69, 9.17) is 15.0 Å². The fourth-order valence-electron chi connectivity index (χ4n) is 2.05. The smallest absolute Gasteiger partial charge is 0.277 e. The summed E-state index contributed by atoms with van der Waals surface area (Å²) in [4.78, 5) is 8.85. The molecular formula is C13H20N4O2S. The molecular weight excluding hydrogens is 276 g/mol. The maximum Gasteiger partial charge on any atom is 0.277 e. The lowest BCUT2D eigenvalue weighted by atomic mass is 9.96. The molecule has 0 aromatic carbocycles. The highest BCUT2D eigenvalue weighted by molar-refractivity contribution is 7.10. The predicted molar refractivity (Wildman–Crippen MR) is 77.3 cm³/mol. The molecule has 0 radical (unpaired) electrons. The van der Waals surface area contributed by atoms with Gasteiger partial charge in [-0.3, -0.25) is 0 Å². The molecule has 7 heteroatoms. The SMILES string of the molecule is CCC(CC)(OC)c1noc(-c2csc(C(C)N)n2)n1. The van der Waals surface area contributed by atoms with Crippen molar-refractivity contribution in [1.82, 2.24) is 15.1 Å². The molecule has 0 spiro atoms. The van der Waals surface area contributed by atoms with E-state index < -0.39 is 5.60 Å². The van der Waals surface area contributed by atoms with Crippen LogP contribution in [0, 0.1) is 0 Å². The van der Waals surface area contributed by atoms with Gasteiger partial charge in [-0.25, -0.2) is 4.98 Å². The van der Waals surface area contributed by atoms with Crippen LogP contribution in [-0.2, 0) is 10.3 Å². The van der Waals surface area contributed by atoms with Crippen molar-refractivity contribution in [3.8, 4) is 11.6 Å². The molecule has 0 bridgehead atoms. The van der Waals surface area contributed by atoms with E-state index in [2.05, 4.69) is 15.1 Å². The first-order chi connectivity index (χ1) is 9.56. The number of hydrogen-bond donors (Lipinski definition) is 1. The largest absolute Gasteiger partial charge is 0.370 e. The van der Waals surface area contributed by atoms with E-state index in [0.29, 0.717) is 17.4 Å². The second kappa shape index (κ2) is 5.99. The number of thiazole rings is 1. The van der Waals surface area contributed by atoms with Crippen molar-refractivity contribution in [3.05, 3.63) is 16.2 Å². The summed E-state index contributed by atoms with van der Waals surface area (Å²) in [6.07, 6.45) is 1.56. The van der Waals surface area contributed by atoms with Crippen LogP contribution in [-0.4, -0.2) is 22.2 Å². The Balaban J connectivity index is 2.32. The van der Waals surface area contributed by atoms with Gasteiger partial charge in [0, 0.05) is 12.5 Å². The van der Waals surface area contributed by atoms with Crippen LogP contribution < -0.4 is 5.73 Å². The van der Waals surface area contributed by atoms with Crippen LogP contribution in [0.5, 0.6) is 0 Å². The van der Waals surface area contributed by atoms with Crippen molar-refractivity contribution >= 4 is 11.3 Å². The van der Waals surface area contributed by atoms with Gasteiger partial charge in [0.25, 0.3) is 5.89 Å². The molecule has 1 atom stereocenters. The molecule has 0 saturated heterocycles. The van der Waals surface area contributed by atoms with Gasteiger partial charge in [0.1, 0.15) is 16.3 Å². The molecule has 20 heavy (non-hydrogen) atoms. The lowest BCUT2D eigenvalue weighted by Crippen LogP contribution is -2.28. The molecule has 0 aliphatic rings. The second-order valence-electron chi connectivity index (χ2n) is 4.69. The summed E-state index contributed by atoms with van der Waals surface area (Å²) < 4.78 is 10.9. The highest BCUT2D eigenvalue weighted by atomic mass is 32.1. The Morgan fingerprint density at radius 1 is 1.40 bits per heavy atom. The number of aromatic nitrogens is 3. The fraction of sp³-hybridized carbons (Fsp3) is 0.615. The average molecular weight is 296 g/mol. The lowest BCUT2D eigenvalue weighted by molar-refractivity contribution is -0.0306. The quantitative estimate of drug-likeness (QED) is 0.882. The minimum atomic E-state index is -0.498. The molecule has 2 N–H and O–H groups in total. The van der Waals surface area contributed by atoms with Crippen LogP contribution in [0.2, 0.25) is 0 Å². The minimum Gasteiger partial charge on any atom is -0.370 e. The van der Waals surface area contributed by atoms with Gasteiger partial charge in [0.05, 0.1) is 6.04 Å². The highest BCUT2D eigenvalue weighted by Gasteiger charge is 2.34. The topological polar surface area (TPSA) is 87.1 Å². The molecule has 6 nitrogen and oxygen atoms in total. The summed E-state index contributed by atoms with van der Waals surface area (Å²) >= 11 is 1.49. The molecule has 2 aromatic rings. The van der Waals surface area contributed by atoms with Gasteiger partial charge in [-0.1, -0.05) is 19.0 Å². The van der Waals surface area contributed by atoms with Gasteiger partial charge in [-0.2, -0.15) is 4.98 Å². The second-order valence-corrected chi connectivity index (χ2v) is 5.58. The Hall–Kier alpha value is -1.31. The monoisotopic (exact) mass is 296 g/mol. The van der Waals surface area contributed by atoms with Crippen LogP contribution in [0.15, 0.2) is 9.90 Å². The van der Waals surface area contributed by atoms with E-state index in [0.717, 1.165) is 17.8 Å². The Labute approximate surface area is 122 Å².